The first-order valence-electron chi connectivity index (χ1n) is 7.56. The molecule has 1 aliphatic heterocycles. The molecule has 0 aromatic carbocycles. The van der Waals surface area contributed by atoms with E-state index in [1.165, 1.54) is 4.88 Å². The summed E-state index contributed by atoms with van der Waals surface area (Å²) in [4.78, 5) is 25.1. The molecule has 4 heterocycles. The number of fused-ring (bicyclic) bond motifs is 1. The SMILES string of the molecule is NC(=O)C1CCN(c2nc3ccc(-c4cccs4)nc3s2)CC1. The van der Waals surface area contributed by atoms with Gasteiger partial charge < -0.3 is 10.6 Å². The van der Waals surface area contributed by atoms with Gasteiger partial charge in [-0.15, -0.1) is 11.3 Å². The average molecular weight is 344 g/mol. The van der Waals surface area contributed by atoms with Crippen LogP contribution < -0.4 is 10.6 Å². The van der Waals surface area contributed by atoms with Gasteiger partial charge in [0.15, 0.2) is 5.13 Å². The lowest BCUT2D eigenvalue weighted by Gasteiger charge is -2.30. The van der Waals surface area contributed by atoms with Crippen LogP contribution in [-0.4, -0.2) is 29.0 Å². The monoisotopic (exact) mass is 344 g/mol. The van der Waals surface area contributed by atoms with Gasteiger partial charge in [-0.3, -0.25) is 4.79 Å². The third kappa shape index (κ3) is 2.82. The van der Waals surface area contributed by atoms with Gasteiger partial charge in [0.05, 0.1) is 10.6 Å². The lowest BCUT2D eigenvalue weighted by molar-refractivity contribution is -0.122. The highest BCUT2D eigenvalue weighted by Crippen LogP contribution is 2.32. The van der Waals surface area contributed by atoms with E-state index >= 15 is 0 Å². The zero-order chi connectivity index (χ0) is 15.8. The largest absolute Gasteiger partial charge is 0.369 e. The lowest BCUT2D eigenvalue weighted by atomic mass is 9.97. The summed E-state index contributed by atoms with van der Waals surface area (Å²) in [6.45, 7) is 1.65. The molecule has 1 fully saturated rings. The predicted molar refractivity (Wildman–Crippen MR) is 94.9 cm³/mol. The number of primary amides is 1. The van der Waals surface area contributed by atoms with E-state index in [4.69, 9.17) is 15.7 Å². The Bertz CT molecular complexity index is 835. The standard InChI is InChI=1S/C16H16N4OS2/c17-14(21)10-5-7-20(8-6-10)16-19-12-4-3-11(18-15(12)23-16)13-2-1-9-22-13/h1-4,9-10H,5-8H2,(H2,17,21). The fourth-order valence-electron chi connectivity index (χ4n) is 2.86. The van der Waals surface area contributed by atoms with Crippen molar-refractivity contribution in [3.63, 3.8) is 0 Å². The second-order valence-corrected chi connectivity index (χ2v) is 7.56. The molecule has 0 atom stereocenters. The van der Waals surface area contributed by atoms with E-state index in [0.29, 0.717) is 0 Å². The van der Waals surface area contributed by atoms with Crippen molar-refractivity contribution in [2.75, 3.05) is 18.0 Å². The van der Waals surface area contributed by atoms with Crippen molar-refractivity contribution in [3.8, 4) is 10.6 Å². The number of aromatic nitrogens is 2. The smallest absolute Gasteiger partial charge is 0.220 e. The van der Waals surface area contributed by atoms with Crippen LogP contribution in [0.1, 0.15) is 12.8 Å². The van der Waals surface area contributed by atoms with Gasteiger partial charge in [0.25, 0.3) is 0 Å². The highest BCUT2D eigenvalue weighted by Gasteiger charge is 2.25. The molecule has 0 saturated carbocycles. The molecular formula is C16H16N4OS2. The number of piperidine rings is 1. The van der Waals surface area contributed by atoms with Crippen molar-refractivity contribution in [3.05, 3.63) is 29.6 Å². The number of amides is 1. The summed E-state index contributed by atoms with van der Waals surface area (Å²) in [6.07, 6.45) is 1.61. The number of pyridine rings is 1. The Balaban J connectivity index is 1.59. The Morgan fingerprint density at radius 2 is 2.04 bits per heavy atom. The molecule has 4 rings (SSSR count). The first-order valence-corrected chi connectivity index (χ1v) is 9.26. The summed E-state index contributed by atoms with van der Waals surface area (Å²) in [6, 6.07) is 8.17. The zero-order valence-electron chi connectivity index (χ0n) is 12.4. The van der Waals surface area contributed by atoms with Crippen LogP contribution >= 0.6 is 22.7 Å². The van der Waals surface area contributed by atoms with E-state index in [2.05, 4.69) is 16.3 Å². The Morgan fingerprint density at radius 3 is 2.74 bits per heavy atom. The maximum absolute atomic E-state index is 11.3. The minimum Gasteiger partial charge on any atom is -0.369 e. The number of hydrogen-bond acceptors (Lipinski definition) is 6. The first-order chi connectivity index (χ1) is 11.2. The Morgan fingerprint density at radius 1 is 1.22 bits per heavy atom. The summed E-state index contributed by atoms with van der Waals surface area (Å²) < 4.78 is 0. The Hall–Kier alpha value is -1.99. The minimum absolute atomic E-state index is 0.00387. The van der Waals surface area contributed by atoms with E-state index < -0.39 is 0 Å². The van der Waals surface area contributed by atoms with Gasteiger partial charge in [-0.2, -0.15) is 0 Å². The average Bonchev–Trinajstić information content (AvgIpc) is 3.23. The molecule has 7 heteroatoms. The topological polar surface area (TPSA) is 72.1 Å². The van der Waals surface area contributed by atoms with E-state index in [1.54, 1.807) is 22.7 Å². The normalized spacial score (nSPS) is 16.1. The van der Waals surface area contributed by atoms with Crippen LogP contribution in [0.5, 0.6) is 0 Å². The molecule has 3 aromatic heterocycles. The summed E-state index contributed by atoms with van der Waals surface area (Å²) in [5.41, 5.74) is 7.32. The second-order valence-electron chi connectivity index (χ2n) is 5.66. The minimum atomic E-state index is -0.184. The fraction of sp³-hybridized carbons (Fsp3) is 0.312. The highest BCUT2D eigenvalue weighted by molar-refractivity contribution is 7.21. The molecule has 0 bridgehead atoms. The molecule has 2 N–H and O–H groups in total. The molecule has 0 radical (unpaired) electrons. The second kappa shape index (κ2) is 5.90. The molecule has 118 valence electrons. The van der Waals surface area contributed by atoms with Gasteiger partial charge in [0.1, 0.15) is 10.3 Å². The molecule has 5 nitrogen and oxygen atoms in total. The van der Waals surface area contributed by atoms with Gasteiger partial charge in [-0.1, -0.05) is 17.4 Å². The van der Waals surface area contributed by atoms with Crippen molar-refractivity contribution in [2.24, 2.45) is 11.7 Å². The van der Waals surface area contributed by atoms with Crippen LogP contribution in [0, 0.1) is 5.92 Å². The summed E-state index contributed by atoms with van der Waals surface area (Å²) in [5, 5.41) is 3.04. The number of carbonyl (C=O) groups is 1. The van der Waals surface area contributed by atoms with Crippen LogP contribution in [0.25, 0.3) is 20.9 Å². The fourth-order valence-corrected chi connectivity index (χ4v) is 4.54. The molecule has 1 saturated heterocycles. The van der Waals surface area contributed by atoms with Gasteiger partial charge in [-0.25, -0.2) is 9.97 Å². The van der Waals surface area contributed by atoms with Crippen LogP contribution in [0.3, 0.4) is 0 Å². The maximum Gasteiger partial charge on any atom is 0.220 e. The van der Waals surface area contributed by atoms with Gasteiger partial charge >= 0.3 is 0 Å². The molecule has 3 aromatic rings. The third-order valence-electron chi connectivity index (χ3n) is 4.19. The number of thiazole rings is 1. The van der Waals surface area contributed by atoms with E-state index in [-0.39, 0.29) is 11.8 Å². The van der Waals surface area contributed by atoms with Crippen molar-refractivity contribution in [2.45, 2.75) is 12.8 Å². The van der Waals surface area contributed by atoms with E-state index in [1.807, 2.05) is 18.2 Å². The quantitative estimate of drug-likeness (QED) is 0.792. The molecule has 1 aliphatic rings. The van der Waals surface area contributed by atoms with Crippen molar-refractivity contribution >= 4 is 44.1 Å². The number of anilines is 1. The number of nitrogens with two attached hydrogens (primary N) is 1. The summed E-state index contributed by atoms with van der Waals surface area (Å²) >= 11 is 3.31. The van der Waals surface area contributed by atoms with Gasteiger partial charge in [0, 0.05) is 19.0 Å². The summed E-state index contributed by atoms with van der Waals surface area (Å²) in [7, 11) is 0. The Labute approximate surface area is 141 Å². The van der Waals surface area contributed by atoms with E-state index in [9.17, 15) is 4.79 Å². The van der Waals surface area contributed by atoms with Crippen molar-refractivity contribution < 1.29 is 4.79 Å². The maximum atomic E-state index is 11.3. The number of carbonyl (C=O) groups excluding carboxylic acids is 1. The zero-order valence-corrected chi connectivity index (χ0v) is 14.1. The molecular weight excluding hydrogens is 328 g/mol. The molecule has 0 unspecified atom stereocenters. The summed E-state index contributed by atoms with van der Waals surface area (Å²) in [5.74, 6) is -0.180. The van der Waals surface area contributed by atoms with Crippen LogP contribution in [0.4, 0.5) is 5.13 Å². The molecule has 23 heavy (non-hydrogen) atoms. The predicted octanol–water partition coefficient (Wildman–Crippen LogP) is 3.12. The molecule has 0 aliphatic carbocycles. The lowest BCUT2D eigenvalue weighted by Crippen LogP contribution is -2.38. The van der Waals surface area contributed by atoms with Crippen molar-refractivity contribution in [1.29, 1.82) is 0 Å². The Kier molecular flexibility index (Phi) is 3.74. The third-order valence-corrected chi connectivity index (χ3v) is 6.10. The van der Waals surface area contributed by atoms with Gasteiger partial charge in [-0.05, 0) is 36.4 Å². The number of hydrogen-bond donors (Lipinski definition) is 1. The van der Waals surface area contributed by atoms with Crippen LogP contribution in [-0.2, 0) is 4.79 Å². The number of thiophene rings is 1. The number of nitrogens with zero attached hydrogens (tertiary/aromatic N) is 3. The first kappa shape index (κ1) is 14.6. The van der Waals surface area contributed by atoms with Gasteiger partial charge in [0.2, 0.25) is 5.91 Å². The van der Waals surface area contributed by atoms with Crippen molar-refractivity contribution in [1.82, 2.24) is 9.97 Å². The number of rotatable bonds is 3. The molecule has 0 spiro atoms. The van der Waals surface area contributed by atoms with Crippen LogP contribution in [0.15, 0.2) is 29.6 Å². The highest BCUT2D eigenvalue weighted by atomic mass is 32.1. The molecule has 1 amide bonds. The van der Waals surface area contributed by atoms with E-state index in [0.717, 1.165) is 47.1 Å². The van der Waals surface area contributed by atoms with Crippen LogP contribution in [0.2, 0.25) is 0 Å².